The summed E-state index contributed by atoms with van der Waals surface area (Å²) in [5.41, 5.74) is 0.237. The average molecular weight is 378 g/mol. The van der Waals surface area contributed by atoms with Crippen molar-refractivity contribution in [3.63, 3.8) is 0 Å². The lowest BCUT2D eigenvalue weighted by molar-refractivity contribution is -0.194. The number of likely N-dealkylation sites (tertiary alicyclic amines) is 1. The van der Waals surface area contributed by atoms with Crippen LogP contribution in [0.3, 0.4) is 0 Å². The highest BCUT2D eigenvalue weighted by molar-refractivity contribution is 7.88. The number of sulfonamides is 1. The molecule has 0 amide bonds. The Bertz CT molecular complexity index is 718. The van der Waals surface area contributed by atoms with Crippen molar-refractivity contribution >= 4 is 10.0 Å². The molecule has 0 unspecified atom stereocenters. The van der Waals surface area contributed by atoms with E-state index in [9.17, 15) is 26.7 Å². The second-order valence-electron chi connectivity index (χ2n) is 6.83. The van der Waals surface area contributed by atoms with Gasteiger partial charge in [0.15, 0.2) is 0 Å². The van der Waals surface area contributed by atoms with Crippen LogP contribution in [-0.2, 0) is 10.0 Å². The Balaban J connectivity index is 1.87. The van der Waals surface area contributed by atoms with Crippen LogP contribution in [-0.4, -0.2) is 73.0 Å². The van der Waals surface area contributed by atoms with Crippen LogP contribution in [0.4, 0.5) is 13.2 Å². The molecule has 2 aliphatic heterocycles. The quantitative estimate of drug-likeness (QED) is 0.842. The van der Waals surface area contributed by atoms with E-state index in [1.165, 1.54) is 4.31 Å². The fourth-order valence-corrected chi connectivity index (χ4v) is 5.09. The monoisotopic (exact) mass is 378 g/mol. The van der Waals surface area contributed by atoms with Gasteiger partial charge in [-0.15, -0.1) is 0 Å². The zero-order valence-electron chi connectivity index (χ0n) is 13.8. The molecule has 2 atom stereocenters. The predicted octanol–water partition coefficient (Wildman–Crippen LogP) is 1.41. The number of alkyl halides is 3. The number of nitrogens with zero attached hydrogens (tertiary/aromatic N) is 2. The van der Waals surface area contributed by atoms with Crippen LogP contribution in [0.2, 0.25) is 0 Å². The number of halogens is 3. The maximum atomic E-state index is 12.7. The summed E-state index contributed by atoms with van der Waals surface area (Å²) >= 11 is 0. The van der Waals surface area contributed by atoms with Gasteiger partial charge >= 0.3 is 6.18 Å². The Morgan fingerprint density at radius 3 is 2.32 bits per heavy atom. The van der Waals surface area contributed by atoms with E-state index in [4.69, 9.17) is 0 Å². The molecule has 2 fully saturated rings. The molecule has 25 heavy (non-hydrogen) atoms. The minimum absolute atomic E-state index is 0.153. The number of aliphatic hydroxyl groups is 1. The van der Waals surface area contributed by atoms with Gasteiger partial charge in [0.1, 0.15) is 0 Å². The highest BCUT2D eigenvalue weighted by Gasteiger charge is 2.66. The summed E-state index contributed by atoms with van der Waals surface area (Å²) in [5, 5.41) is 9.74. The number of rotatable bonds is 5. The fraction of sp³-hybridized carbons (Fsp3) is 0.625. The van der Waals surface area contributed by atoms with Crippen molar-refractivity contribution in [1.29, 1.82) is 0 Å². The van der Waals surface area contributed by atoms with Crippen LogP contribution in [0.15, 0.2) is 30.3 Å². The van der Waals surface area contributed by atoms with Crippen molar-refractivity contribution in [2.24, 2.45) is 0 Å². The van der Waals surface area contributed by atoms with Crippen LogP contribution in [0, 0.1) is 0 Å². The number of hydrogen-bond donors (Lipinski definition) is 1. The maximum Gasteiger partial charge on any atom is 0.390 e. The van der Waals surface area contributed by atoms with Gasteiger partial charge in [0.25, 0.3) is 0 Å². The third-order valence-corrected chi connectivity index (χ3v) is 6.48. The van der Waals surface area contributed by atoms with Crippen LogP contribution in [0.5, 0.6) is 0 Å². The van der Waals surface area contributed by atoms with E-state index < -0.39 is 34.2 Å². The largest absolute Gasteiger partial charge is 0.395 e. The molecule has 0 aromatic heterocycles. The first-order valence-corrected chi connectivity index (χ1v) is 9.88. The van der Waals surface area contributed by atoms with Crippen LogP contribution in [0.25, 0.3) is 0 Å². The molecule has 1 aromatic carbocycles. The molecule has 0 aliphatic carbocycles. The van der Waals surface area contributed by atoms with Crippen LogP contribution >= 0.6 is 0 Å². The van der Waals surface area contributed by atoms with Gasteiger partial charge in [-0.1, -0.05) is 30.3 Å². The second-order valence-corrected chi connectivity index (χ2v) is 8.81. The van der Waals surface area contributed by atoms with E-state index in [1.807, 2.05) is 30.3 Å². The predicted molar refractivity (Wildman–Crippen MR) is 86.6 cm³/mol. The van der Waals surface area contributed by atoms with Gasteiger partial charge in [0, 0.05) is 31.6 Å². The van der Waals surface area contributed by atoms with Crippen molar-refractivity contribution in [1.82, 2.24) is 9.21 Å². The summed E-state index contributed by atoms with van der Waals surface area (Å²) in [5.74, 6) is -0.190. The fourth-order valence-electron chi connectivity index (χ4n) is 4.17. The zero-order valence-corrected chi connectivity index (χ0v) is 14.6. The van der Waals surface area contributed by atoms with Gasteiger partial charge in [-0.25, -0.2) is 8.42 Å². The molecule has 5 nitrogen and oxygen atoms in total. The van der Waals surface area contributed by atoms with Crippen LogP contribution in [0.1, 0.15) is 17.9 Å². The maximum absolute atomic E-state index is 12.7. The van der Waals surface area contributed by atoms with E-state index in [-0.39, 0.29) is 32.2 Å². The molecular weight excluding hydrogens is 357 g/mol. The molecule has 2 aliphatic rings. The van der Waals surface area contributed by atoms with Gasteiger partial charge in [0.05, 0.1) is 24.8 Å². The highest BCUT2D eigenvalue weighted by atomic mass is 32.2. The summed E-state index contributed by atoms with van der Waals surface area (Å²) in [7, 11) is -3.39. The first kappa shape index (κ1) is 18.6. The Morgan fingerprint density at radius 1 is 1.24 bits per heavy atom. The topological polar surface area (TPSA) is 60.9 Å². The molecule has 0 saturated carbocycles. The van der Waals surface area contributed by atoms with Gasteiger partial charge in [-0.05, 0) is 5.56 Å². The number of aliphatic hydroxyl groups excluding tert-OH is 1. The van der Waals surface area contributed by atoms with Crippen molar-refractivity contribution in [2.75, 3.05) is 32.5 Å². The molecule has 0 radical (unpaired) electrons. The Morgan fingerprint density at radius 2 is 1.84 bits per heavy atom. The van der Waals surface area contributed by atoms with E-state index in [1.54, 1.807) is 4.90 Å². The second kappa shape index (κ2) is 6.22. The average Bonchev–Trinajstić information content (AvgIpc) is 2.43. The molecule has 1 spiro atoms. The smallest absolute Gasteiger partial charge is 0.390 e. The molecule has 9 heteroatoms. The van der Waals surface area contributed by atoms with E-state index in [0.29, 0.717) is 0 Å². The number of benzene rings is 1. The Kier molecular flexibility index (Phi) is 4.64. The first-order valence-electron chi connectivity index (χ1n) is 8.03. The van der Waals surface area contributed by atoms with E-state index in [0.717, 1.165) is 11.8 Å². The molecule has 0 bridgehead atoms. The highest BCUT2D eigenvalue weighted by Crippen LogP contribution is 2.54. The lowest BCUT2D eigenvalue weighted by Crippen LogP contribution is -2.85. The lowest BCUT2D eigenvalue weighted by Gasteiger charge is -2.70. The van der Waals surface area contributed by atoms with Crippen LogP contribution < -0.4 is 0 Å². The van der Waals surface area contributed by atoms with Gasteiger partial charge < -0.3 is 5.11 Å². The molecule has 2 saturated heterocycles. The Labute approximate surface area is 145 Å². The summed E-state index contributed by atoms with van der Waals surface area (Å²) in [6, 6.07) is 8.82. The first-order chi connectivity index (χ1) is 11.6. The van der Waals surface area contributed by atoms with Gasteiger partial charge in [0.2, 0.25) is 10.0 Å². The normalized spacial score (nSPS) is 27.1. The summed E-state index contributed by atoms with van der Waals surface area (Å²) in [4.78, 5) is 1.64. The molecule has 1 N–H and O–H groups in total. The zero-order chi connectivity index (χ0) is 18.5. The number of hydrogen-bond acceptors (Lipinski definition) is 4. The van der Waals surface area contributed by atoms with Gasteiger partial charge in [-0.3, -0.25) is 4.90 Å². The third kappa shape index (κ3) is 3.30. The van der Waals surface area contributed by atoms with Gasteiger partial charge in [-0.2, -0.15) is 17.5 Å². The summed E-state index contributed by atoms with van der Waals surface area (Å²) in [6.07, 6.45) is -4.18. The molecular formula is C16H21F3N2O3S. The van der Waals surface area contributed by atoms with E-state index >= 15 is 0 Å². The molecule has 3 rings (SSSR count). The Hall–Kier alpha value is -1.16. The molecule has 2 heterocycles. The summed E-state index contributed by atoms with van der Waals surface area (Å²) in [6.45, 7) is -0.201. The van der Waals surface area contributed by atoms with E-state index in [2.05, 4.69) is 0 Å². The molecule has 1 aromatic rings. The standard InChI is InChI=1S/C16H21F3N2O3S/c1-25(23,24)20-10-15(11-20)14(12-5-3-2-4-6-12)13(9-22)21(15)8-7-16(17,18)19/h2-6,13-14,22H,7-11H2,1H3/t13-,14+/m0/s1. The molecule has 140 valence electrons. The minimum Gasteiger partial charge on any atom is -0.395 e. The van der Waals surface area contributed by atoms with Crippen molar-refractivity contribution in [3.05, 3.63) is 35.9 Å². The van der Waals surface area contributed by atoms with Crippen molar-refractivity contribution in [2.45, 2.75) is 30.1 Å². The minimum atomic E-state index is -4.29. The third-order valence-electron chi connectivity index (χ3n) is 5.29. The van der Waals surface area contributed by atoms with Crippen molar-refractivity contribution < 1.29 is 26.7 Å². The lowest BCUT2D eigenvalue weighted by atomic mass is 9.61. The summed E-state index contributed by atoms with van der Waals surface area (Å²) < 4.78 is 62.8. The SMILES string of the molecule is CS(=O)(=O)N1CC2(C1)[C@H](c1ccccc1)[C@H](CO)N2CCC(F)(F)F. The van der Waals surface area contributed by atoms with Crippen molar-refractivity contribution in [3.8, 4) is 0 Å².